The van der Waals surface area contributed by atoms with Crippen molar-refractivity contribution in [1.82, 2.24) is 15.2 Å². The zero-order valence-electron chi connectivity index (χ0n) is 15.8. The van der Waals surface area contributed by atoms with Gasteiger partial charge in [0.2, 0.25) is 5.89 Å². The first-order valence-corrected chi connectivity index (χ1v) is 9.11. The van der Waals surface area contributed by atoms with Crippen molar-refractivity contribution < 1.29 is 4.42 Å². The van der Waals surface area contributed by atoms with E-state index in [9.17, 15) is 0 Å². The highest BCUT2D eigenvalue weighted by Gasteiger charge is 2.25. The molecule has 2 aromatic rings. The number of nitrogens with zero attached hydrogens (tertiary/aromatic N) is 3. The molecule has 1 saturated heterocycles. The van der Waals surface area contributed by atoms with E-state index in [2.05, 4.69) is 34.0 Å². The van der Waals surface area contributed by atoms with Crippen molar-refractivity contribution in [2.75, 3.05) is 20.1 Å². The predicted octanol–water partition coefficient (Wildman–Crippen LogP) is 4.40. The molecule has 6 heteroatoms. The van der Waals surface area contributed by atoms with Gasteiger partial charge in [-0.25, -0.2) is 4.98 Å². The van der Waals surface area contributed by atoms with E-state index in [0.717, 1.165) is 42.1 Å². The topological polar surface area (TPSA) is 53.7 Å². The molecule has 1 aliphatic heterocycles. The second kappa shape index (κ2) is 9.94. The quantitative estimate of drug-likeness (QED) is 0.402. The molecular formula is C20H29IN4O. The molecule has 0 amide bonds. The molecule has 5 nitrogen and oxygen atoms in total. The van der Waals surface area contributed by atoms with E-state index in [1.54, 1.807) is 6.26 Å². The fraction of sp³-hybridized carbons (Fsp3) is 0.500. The van der Waals surface area contributed by atoms with E-state index in [1.165, 1.54) is 12.8 Å². The lowest BCUT2D eigenvalue weighted by Gasteiger charge is -2.21. The fourth-order valence-electron chi connectivity index (χ4n) is 3.49. The monoisotopic (exact) mass is 468 g/mol. The maximum atomic E-state index is 5.60. The molecule has 0 bridgehead atoms. The average molecular weight is 468 g/mol. The van der Waals surface area contributed by atoms with Crippen LogP contribution in [0.25, 0.3) is 11.5 Å². The first-order chi connectivity index (χ1) is 12.2. The summed E-state index contributed by atoms with van der Waals surface area (Å²) in [5, 5.41) is 3.42. The standard InChI is InChI=1S/C20H28N4O.HI/c1-15(2)11-16-9-10-24(13-16)20(21-3)22-12-18-14-25-19(23-18)17-7-5-4-6-8-17;/h4-8,14-16H,9-13H2,1-3H3,(H,21,22);1H. The van der Waals surface area contributed by atoms with Crippen molar-refractivity contribution >= 4 is 29.9 Å². The summed E-state index contributed by atoms with van der Waals surface area (Å²) in [6.45, 7) is 7.38. The minimum Gasteiger partial charge on any atom is -0.444 e. The number of guanidine groups is 1. The summed E-state index contributed by atoms with van der Waals surface area (Å²) in [7, 11) is 1.84. The molecule has 1 N–H and O–H groups in total. The molecule has 1 aromatic heterocycles. The molecule has 1 aromatic carbocycles. The van der Waals surface area contributed by atoms with Gasteiger partial charge in [-0.05, 0) is 36.8 Å². The maximum Gasteiger partial charge on any atom is 0.226 e. The van der Waals surface area contributed by atoms with Crippen LogP contribution in [0.3, 0.4) is 0 Å². The van der Waals surface area contributed by atoms with Gasteiger partial charge in [-0.1, -0.05) is 32.0 Å². The van der Waals surface area contributed by atoms with Crippen LogP contribution in [0.15, 0.2) is 46.0 Å². The van der Waals surface area contributed by atoms with Crippen LogP contribution >= 0.6 is 24.0 Å². The first-order valence-electron chi connectivity index (χ1n) is 9.11. The summed E-state index contributed by atoms with van der Waals surface area (Å²) in [5.74, 6) is 3.14. The number of rotatable bonds is 5. The Kier molecular flexibility index (Phi) is 7.93. The van der Waals surface area contributed by atoms with Crippen LogP contribution in [0.5, 0.6) is 0 Å². The van der Waals surface area contributed by atoms with Gasteiger partial charge in [-0.3, -0.25) is 4.99 Å². The average Bonchev–Trinajstić information content (AvgIpc) is 3.26. The Balaban J connectivity index is 0.00000243. The van der Waals surface area contributed by atoms with Crippen LogP contribution in [-0.2, 0) is 6.54 Å². The largest absolute Gasteiger partial charge is 0.444 e. The SMILES string of the molecule is CN=C(NCc1coc(-c2ccccc2)n1)N1CCC(CC(C)C)C1.I. The molecule has 1 fully saturated rings. The second-order valence-corrected chi connectivity index (χ2v) is 7.14. The van der Waals surface area contributed by atoms with Crippen LogP contribution in [-0.4, -0.2) is 36.0 Å². The smallest absolute Gasteiger partial charge is 0.226 e. The summed E-state index contributed by atoms with van der Waals surface area (Å²) in [6.07, 6.45) is 4.26. The van der Waals surface area contributed by atoms with Crippen LogP contribution in [0.2, 0.25) is 0 Å². The third kappa shape index (κ3) is 5.46. The van der Waals surface area contributed by atoms with Gasteiger partial charge in [0.1, 0.15) is 6.26 Å². The number of nitrogens with one attached hydrogen (secondary N) is 1. The Morgan fingerprint density at radius 3 is 2.81 bits per heavy atom. The molecule has 3 rings (SSSR count). The van der Waals surface area contributed by atoms with Crippen molar-refractivity contribution in [3.63, 3.8) is 0 Å². The number of oxazole rings is 1. The number of hydrogen-bond donors (Lipinski definition) is 1. The third-order valence-corrected chi connectivity index (χ3v) is 4.60. The summed E-state index contributed by atoms with van der Waals surface area (Å²) >= 11 is 0. The Bertz CT molecular complexity index is 699. The number of benzene rings is 1. The second-order valence-electron chi connectivity index (χ2n) is 7.14. The highest BCUT2D eigenvalue weighted by molar-refractivity contribution is 14.0. The molecule has 142 valence electrons. The Morgan fingerprint density at radius 1 is 1.35 bits per heavy atom. The van der Waals surface area contributed by atoms with Gasteiger partial charge in [-0.2, -0.15) is 0 Å². The number of halogens is 1. The van der Waals surface area contributed by atoms with Crippen molar-refractivity contribution in [3.05, 3.63) is 42.3 Å². The van der Waals surface area contributed by atoms with Gasteiger partial charge in [0.15, 0.2) is 5.96 Å². The Labute approximate surface area is 173 Å². The van der Waals surface area contributed by atoms with Gasteiger partial charge < -0.3 is 14.6 Å². The minimum absolute atomic E-state index is 0. The van der Waals surface area contributed by atoms with E-state index in [4.69, 9.17) is 4.42 Å². The van der Waals surface area contributed by atoms with Crippen molar-refractivity contribution in [1.29, 1.82) is 0 Å². The Morgan fingerprint density at radius 2 is 2.12 bits per heavy atom. The molecule has 26 heavy (non-hydrogen) atoms. The first kappa shape index (κ1) is 20.7. The predicted molar refractivity (Wildman–Crippen MR) is 117 cm³/mol. The number of hydrogen-bond acceptors (Lipinski definition) is 3. The number of aliphatic imine (C=N–C) groups is 1. The molecule has 0 aliphatic carbocycles. The lowest BCUT2D eigenvalue weighted by Crippen LogP contribution is -2.39. The third-order valence-electron chi connectivity index (χ3n) is 4.60. The Hall–Kier alpha value is -1.57. The van der Waals surface area contributed by atoms with Crippen molar-refractivity contribution in [2.24, 2.45) is 16.8 Å². The van der Waals surface area contributed by atoms with Crippen LogP contribution in [0.4, 0.5) is 0 Å². The number of likely N-dealkylation sites (tertiary alicyclic amines) is 1. The molecular weight excluding hydrogens is 439 g/mol. The molecule has 1 aliphatic rings. The highest BCUT2D eigenvalue weighted by atomic mass is 127. The van der Waals surface area contributed by atoms with Gasteiger partial charge in [0.25, 0.3) is 0 Å². The fourth-order valence-corrected chi connectivity index (χ4v) is 3.49. The lowest BCUT2D eigenvalue weighted by molar-refractivity contribution is 0.403. The van der Waals surface area contributed by atoms with Crippen molar-refractivity contribution in [3.8, 4) is 11.5 Å². The molecule has 1 unspecified atom stereocenters. The summed E-state index contributed by atoms with van der Waals surface area (Å²) in [5.41, 5.74) is 1.88. The molecule has 1 atom stereocenters. The zero-order valence-corrected chi connectivity index (χ0v) is 18.1. The van der Waals surface area contributed by atoms with E-state index in [-0.39, 0.29) is 24.0 Å². The van der Waals surface area contributed by atoms with Gasteiger partial charge in [-0.15, -0.1) is 24.0 Å². The van der Waals surface area contributed by atoms with E-state index >= 15 is 0 Å². The zero-order chi connectivity index (χ0) is 17.6. The van der Waals surface area contributed by atoms with Gasteiger partial charge in [0.05, 0.1) is 12.2 Å². The molecule has 0 radical (unpaired) electrons. The number of aromatic nitrogens is 1. The van der Waals surface area contributed by atoms with Crippen LogP contribution in [0.1, 0.15) is 32.4 Å². The molecule has 0 saturated carbocycles. The van der Waals surface area contributed by atoms with Crippen LogP contribution < -0.4 is 5.32 Å². The lowest BCUT2D eigenvalue weighted by atomic mass is 9.97. The maximum absolute atomic E-state index is 5.60. The summed E-state index contributed by atoms with van der Waals surface area (Å²) in [6, 6.07) is 9.96. The van der Waals surface area contributed by atoms with E-state index < -0.39 is 0 Å². The van der Waals surface area contributed by atoms with Crippen molar-refractivity contribution in [2.45, 2.75) is 33.2 Å². The van der Waals surface area contributed by atoms with Crippen LogP contribution in [0, 0.1) is 11.8 Å². The van der Waals surface area contributed by atoms with E-state index in [1.807, 2.05) is 37.4 Å². The molecule has 0 spiro atoms. The highest BCUT2D eigenvalue weighted by Crippen LogP contribution is 2.23. The normalized spacial score (nSPS) is 17.5. The van der Waals surface area contributed by atoms with Gasteiger partial charge in [0, 0.05) is 25.7 Å². The summed E-state index contributed by atoms with van der Waals surface area (Å²) < 4.78 is 5.60. The van der Waals surface area contributed by atoms with Gasteiger partial charge >= 0.3 is 0 Å². The summed E-state index contributed by atoms with van der Waals surface area (Å²) in [4.78, 5) is 11.4. The minimum atomic E-state index is 0. The molecule has 2 heterocycles. The van der Waals surface area contributed by atoms with E-state index in [0.29, 0.717) is 12.4 Å².